The molecule has 3 aromatic carbocycles. The number of carbonyl (C=O) groups excluding carboxylic acids is 2. The summed E-state index contributed by atoms with van der Waals surface area (Å²) in [6.07, 6.45) is 0.321. The molecule has 1 fully saturated rings. The summed E-state index contributed by atoms with van der Waals surface area (Å²) in [6, 6.07) is 13.6. The molecule has 1 saturated heterocycles. The molecule has 1 aliphatic heterocycles. The Labute approximate surface area is 213 Å². The van der Waals surface area contributed by atoms with Crippen molar-refractivity contribution in [3.63, 3.8) is 0 Å². The van der Waals surface area contributed by atoms with E-state index < -0.39 is 29.5 Å². The highest BCUT2D eigenvalue weighted by atomic mass is 19.1. The third kappa shape index (κ3) is 5.21. The average Bonchev–Trinajstić information content (AvgIpc) is 2.90. The Hall–Kier alpha value is -4.14. The lowest BCUT2D eigenvalue weighted by Crippen LogP contribution is -2.47. The van der Waals surface area contributed by atoms with E-state index in [-0.39, 0.29) is 30.2 Å². The number of nitrogens with one attached hydrogen (secondary N) is 1. The lowest BCUT2D eigenvalue weighted by molar-refractivity contribution is -0.126. The van der Waals surface area contributed by atoms with Crippen LogP contribution in [0.1, 0.15) is 30.0 Å². The predicted molar refractivity (Wildman–Crippen MR) is 135 cm³/mol. The second-order valence-electron chi connectivity index (χ2n) is 8.76. The quantitative estimate of drug-likeness (QED) is 0.459. The fourth-order valence-corrected chi connectivity index (χ4v) is 4.60. The van der Waals surface area contributed by atoms with Gasteiger partial charge in [0.05, 0.1) is 39.0 Å². The van der Waals surface area contributed by atoms with Crippen LogP contribution in [0.2, 0.25) is 0 Å². The lowest BCUT2D eigenvalue weighted by atomic mass is 9.83. The Morgan fingerprint density at radius 3 is 2.22 bits per heavy atom. The molecule has 0 aliphatic carbocycles. The molecular formula is C28H28F2N2O5. The minimum atomic E-state index is -0.837. The molecule has 194 valence electrons. The van der Waals surface area contributed by atoms with Crippen molar-refractivity contribution in [1.82, 2.24) is 0 Å². The van der Waals surface area contributed by atoms with Crippen LogP contribution in [-0.2, 0) is 9.59 Å². The molecule has 2 amide bonds. The fourth-order valence-electron chi connectivity index (χ4n) is 4.60. The van der Waals surface area contributed by atoms with E-state index in [1.54, 1.807) is 23.1 Å². The Bertz CT molecular complexity index is 1310. The maximum absolute atomic E-state index is 14.6. The van der Waals surface area contributed by atoms with Gasteiger partial charge in [-0.25, -0.2) is 8.78 Å². The van der Waals surface area contributed by atoms with Gasteiger partial charge in [0.2, 0.25) is 11.8 Å². The maximum Gasteiger partial charge on any atom is 0.230 e. The number of ether oxygens (including phenoxy) is 3. The van der Waals surface area contributed by atoms with Crippen molar-refractivity contribution in [2.24, 2.45) is 5.92 Å². The first-order chi connectivity index (χ1) is 17.8. The second kappa shape index (κ2) is 10.9. The molecule has 4 rings (SSSR count). The number of methoxy groups -OCH3 is 3. The van der Waals surface area contributed by atoms with E-state index in [0.717, 1.165) is 17.7 Å². The zero-order chi connectivity index (χ0) is 26.7. The van der Waals surface area contributed by atoms with E-state index in [1.165, 1.54) is 21.3 Å². The van der Waals surface area contributed by atoms with Crippen LogP contribution in [0.4, 0.5) is 20.2 Å². The van der Waals surface area contributed by atoms with Gasteiger partial charge < -0.3 is 24.4 Å². The number of carbonyl (C=O) groups is 2. The molecule has 1 N–H and O–H groups in total. The summed E-state index contributed by atoms with van der Waals surface area (Å²) in [4.78, 5) is 28.4. The highest BCUT2D eigenvalue weighted by Gasteiger charge is 2.42. The number of aryl methyl sites for hydroxylation is 1. The van der Waals surface area contributed by atoms with Gasteiger partial charge in [-0.15, -0.1) is 0 Å². The van der Waals surface area contributed by atoms with E-state index in [0.29, 0.717) is 22.7 Å². The molecule has 0 radical (unpaired) electrons. The van der Waals surface area contributed by atoms with Gasteiger partial charge in [-0.3, -0.25) is 9.59 Å². The minimum absolute atomic E-state index is 0.106. The normalized spacial score (nSPS) is 17.4. The van der Waals surface area contributed by atoms with Crippen molar-refractivity contribution in [2.45, 2.75) is 25.8 Å². The van der Waals surface area contributed by atoms with Gasteiger partial charge in [0.15, 0.2) is 28.9 Å². The van der Waals surface area contributed by atoms with Crippen LogP contribution in [0.25, 0.3) is 0 Å². The fraction of sp³-hybridized carbons (Fsp3) is 0.286. The molecule has 1 heterocycles. The highest BCUT2D eigenvalue weighted by molar-refractivity contribution is 6.00. The molecule has 0 saturated carbocycles. The van der Waals surface area contributed by atoms with Crippen LogP contribution in [0, 0.1) is 24.5 Å². The monoisotopic (exact) mass is 510 g/mol. The Kier molecular flexibility index (Phi) is 7.61. The number of amides is 2. The van der Waals surface area contributed by atoms with E-state index >= 15 is 0 Å². The van der Waals surface area contributed by atoms with Crippen molar-refractivity contribution in [2.75, 3.05) is 31.5 Å². The molecule has 3 aromatic rings. The molecule has 7 nitrogen and oxygen atoms in total. The molecule has 9 heteroatoms. The number of nitrogens with zero attached hydrogens (tertiary/aromatic N) is 1. The van der Waals surface area contributed by atoms with Crippen molar-refractivity contribution < 1.29 is 32.6 Å². The van der Waals surface area contributed by atoms with E-state index in [1.807, 2.05) is 31.2 Å². The summed E-state index contributed by atoms with van der Waals surface area (Å²) in [7, 11) is 4.23. The topological polar surface area (TPSA) is 77.1 Å². The Morgan fingerprint density at radius 2 is 1.57 bits per heavy atom. The van der Waals surface area contributed by atoms with E-state index in [2.05, 4.69) is 5.32 Å². The van der Waals surface area contributed by atoms with Crippen molar-refractivity contribution in [3.05, 3.63) is 77.4 Å². The first kappa shape index (κ1) is 25.9. The second-order valence-corrected chi connectivity index (χ2v) is 8.76. The molecule has 0 spiro atoms. The smallest absolute Gasteiger partial charge is 0.230 e. The van der Waals surface area contributed by atoms with Gasteiger partial charge in [-0.1, -0.05) is 23.8 Å². The van der Waals surface area contributed by atoms with Crippen LogP contribution in [0.3, 0.4) is 0 Å². The largest absolute Gasteiger partial charge is 0.494 e. The summed E-state index contributed by atoms with van der Waals surface area (Å²) in [5.41, 5.74) is 1.96. The van der Waals surface area contributed by atoms with Gasteiger partial charge in [0.1, 0.15) is 0 Å². The Morgan fingerprint density at radius 1 is 0.892 bits per heavy atom. The maximum atomic E-state index is 14.6. The number of benzene rings is 3. The third-order valence-electron chi connectivity index (χ3n) is 6.49. The van der Waals surface area contributed by atoms with Gasteiger partial charge in [-0.2, -0.15) is 0 Å². The Balaban J connectivity index is 1.78. The van der Waals surface area contributed by atoms with E-state index in [4.69, 9.17) is 14.2 Å². The van der Waals surface area contributed by atoms with Gasteiger partial charge in [0.25, 0.3) is 0 Å². The molecular weight excluding hydrogens is 482 g/mol. The van der Waals surface area contributed by atoms with Crippen LogP contribution in [0.5, 0.6) is 17.2 Å². The zero-order valence-electron chi connectivity index (χ0n) is 21.0. The number of halogens is 2. The van der Waals surface area contributed by atoms with Crippen molar-refractivity contribution >= 4 is 23.2 Å². The summed E-state index contributed by atoms with van der Waals surface area (Å²) < 4.78 is 44.5. The van der Waals surface area contributed by atoms with Crippen molar-refractivity contribution in [3.8, 4) is 17.2 Å². The number of anilines is 2. The van der Waals surface area contributed by atoms with Crippen LogP contribution in [0.15, 0.2) is 54.6 Å². The molecule has 0 bridgehead atoms. The minimum Gasteiger partial charge on any atom is -0.494 e. The zero-order valence-corrected chi connectivity index (χ0v) is 21.0. The molecule has 2 atom stereocenters. The van der Waals surface area contributed by atoms with Crippen molar-refractivity contribution in [1.29, 1.82) is 0 Å². The summed E-state index contributed by atoms with van der Waals surface area (Å²) in [6.45, 7) is 1.94. The highest BCUT2D eigenvalue weighted by Crippen LogP contribution is 2.43. The van der Waals surface area contributed by atoms with Crippen LogP contribution >= 0.6 is 0 Å². The molecule has 37 heavy (non-hydrogen) atoms. The standard InChI is InChI=1S/C28H28F2N2O5/c1-16-5-8-18(9-6-16)32-26(33)12-10-19(27(32)17-7-11-23(35-2)25(13-17)37-4)28(34)31-22-14-21(30)24(36-3)15-20(22)29/h5-9,11,13-15,19,27H,10,12H2,1-4H3,(H,31,34). The first-order valence-electron chi connectivity index (χ1n) is 11.7. The third-order valence-corrected chi connectivity index (χ3v) is 6.49. The summed E-state index contributed by atoms with van der Waals surface area (Å²) in [5, 5.41) is 2.52. The van der Waals surface area contributed by atoms with Gasteiger partial charge in [0, 0.05) is 24.2 Å². The van der Waals surface area contributed by atoms with Crippen LogP contribution in [-0.4, -0.2) is 33.1 Å². The number of hydrogen-bond acceptors (Lipinski definition) is 5. The lowest BCUT2D eigenvalue weighted by Gasteiger charge is -2.41. The van der Waals surface area contributed by atoms with Gasteiger partial charge >= 0.3 is 0 Å². The number of rotatable bonds is 7. The number of piperidine rings is 1. The SMILES string of the molecule is COc1cc(F)c(NC(=O)C2CCC(=O)N(c3ccc(C)cc3)C2c2ccc(OC)c(OC)c2)cc1F. The molecule has 1 aliphatic rings. The summed E-state index contributed by atoms with van der Waals surface area (Å²) in [5.74, 6) is -2.47. The predicted octanol–water partition coefficient (Wildman–Crippen LogP) is 5.42. The first-order valence-corrected chi connectivity index (χ1v) is 11.7. The van der Waals surface area contributed by atoms with Gasteiger partial charge in [-0.05, 0) is 43.2 Å². The average molecular weight is 511 g/mol. The number of hydrogen-bond donors (Lipinski definition) is 1. The summed E-state index contributed by atoms with van der Waals surface area (Å²) >= 11 is 0. The van der Waals surface area contributed by atoms with Crippen LogP contribution < -0.4 is 24.4 Å². The molecule has 2 unspecified atom stereocenters. The van der Waals surface area contributed by atoms with E-state index in [9.17, 15) is 18.4 Å². The molecule has 0 aromatic heterocycles.